The highest BCUT2D eigenvalue weighted by Crippen LogP contribution is 2.26. The normalized spacial score (nSPS) is 15.5. The van der Waals surface area contributed by atoms with Crippen LogP contribution in [0.15, 0.2) is 71.1 Å². The second-order valence-corrected chi connectivity index (χ2v) is 9.83. The SMILES string of the molecule is O=S(=O)(c1cccc2cccnc12)N1CCN(c2ccc(-c3cccs3)nn2)CC1. The van der Waals surface area contributed by atoms with Crippen molar-refractivity contribution < 1.29 is 8.42 Å². The van der Waals surface area contributed by atoms with Crippen LogP contribution in [0.5, 0.6) is 0 Å². The first kappa shape index (κ1) is 19.1. The van der Waals surface area contributed by atoms with E-state index in [9.17, 15) is 8.42 Å². The summed E-state index contributed by atoms with van der Waals surface area (Å²) in [7, 11) is -3.62. The van der Waals surface area contributed by atoms with Crippen LogP contribution in [0.1, 0.15) is 0 Å². The zero-order valence-corrected chi connectivity index (χ0v) is 17.7. The molecular weight excluding hydrogens is 418 g/mol. The average Bonchev–Trinajstić information content (AvgIpc) is 3.34. The number of aromatic nitrogens is 3. The van der Waals surface area contributed by atoms with Crippen LogP contribution in [0.2, 0.25) is 0 Å². The number of para-hydroxylation sites is 1. The van der Waals surface area contributed by atoms with Crippen LogP contribution in [0.3, 0.4) is 0 Å². The molecular formula is C21H19N5O2S2. The largest absolute Gasteiger partial charge is 0.352 e. The summed E-state index contributed by atoms with van der Waals surface area (Å²) in [4.78, 5) is 7.70. The van der Waals surface area contributed by atoms with Crippen molar-refractivity contribution in [2.24, 2.45) is 0 Å². The van der Waals surface area contributed by atoms with Crippen molar-refractivity contribution in [3.8, 4) is 10.6 Å². The molecule has 0 aliphatic carbocycles. The van der Waals surface area contributed by atoms with Gasteiger partial charge in [0.15, 0.2) is 5.82 Å². The summed E-state index contributed by atoms with van der Waals surface area (Å²) in [6.45, 7) is 1.90. The molecule has 4 aromatic rings. The third-order valence-electron chi connectivity index (χ3n) is 5.20. The molecule has 3 aromatic heterocycles. The van der Waals surface area contributed by atoms with Crippen molar-refractivity contribution in [3.63, 3.8) is 0 Å². The molecule has 0 unspecified atom stereocenters. The lowest BCUT2D eigenvalue weighted by Gasteiger charge is -2.34. The molecule has 1 saturated heterocycles. The highest BCUT2D eigenvalue weighted by molar-refractivity contribution is 7.89. The van der Waals surface area contributed by atoms with Crippen LogP contribution < -0.4 is 4.90 Å². The van der Waals surface area contributed by atoms with Crippen LogP contribution in [-0.2, 0) is 10.0 Å². The van der Waals surface area contributed by atoms with Crippen molar-refractivity contribution in [1.82, 2.24) is 19.5 Å². The fraction of sp³-hybridized carbons (Fsp3) is 0.190. The number of piperazine rings is 1. The zero-order valence-electron chi connectivity index (χ0n) is 16.0. The molecule has 0 N–H and O–H groups in total. The Hall–Kier alpha value is -2.88. The van der Waals surface area contributed by atoms with Gasteiger partial charge in [-0.25, -0.2) is 8.42 Å². The monoisotopic (exact) mass is 437 g/mol. The molecule has 0 saturated carbocycles. The van der Waals surface area contributed by atoms with E-state index in [-0.39, 0.29) is 4.90 Å². The number of thiophene rings is 1. The zero-order chi connectivity index (χ0) is 20.6. The molecule has 0 spiro atoms. The minimum atomic E-state index is -3.62. The third-order valence-corrected chi connectivity index (χ3v) is 8.02. The van der Waals surface area contributed by atoms with Gasteiger partial charge in [0.1, 0.15) is 10.6 Å². The van der Waals surface area contributed by atoms with Gasteiger partial charge >= 0.3 is 0 Å². The summed E-state index contributed by atoms with van der Waals surface area (Å²) in [5, 5.41) is 11.5. The molecule has 9 heteroatoms. The molecule has 1 aliphatic heterocycles. The summed E-state index contributed by atoms with van der Waals surface area (Å²) >= 11 is 1.62. The summed E-state index contributed by atoms with van der Waals surface area (Å²) in [6.07, 6.45) is 1.62. The molecule has 152 valence electrons. The molecule has 0 radical (unpaired) electrons. The molecule has 0 atom stereocenters. The first-order valence-corrected chi connectivity index (χ1v) is 11.9. The van der Waals surface area contributed by atoms with Gasteiger partial charge in [0.05, 0.1) is 10.4 Å². The number of fused-ring (bicyclic) bond motifs is 1. The number of nitrogens with zero attached hydrogens (tertiary/aromatic N) is 5. The highest BCUT2D eigenvalue weighted by Gasteiger charge is 2.30. The lowest BCUT2D eigenvalue weighted by molar-refractivity contribution is 0.384. The number of hydrogen-bond donors (Lipinski definition) is 0. The molecule has 5 rings (SSSR count). The number of anilines is 1. The summed E-state index contributed by atoms with van der Waals surface area (Å²) < 4.78 is 28.1. The molecule has 1 aliphatic rings. The van der Waals surface area contributed by atoms with Crippen LogP contribution >= 0.6 is 11.3 Å². The van der Waals surface area contributed by atoms with E-state index in [0.29, 0.717) is 31.7 Å². The lowest BCUT2D eigenvalue weighted by atomic mass is 10.2. The quantitative estimate of drug-likeness (QED) is 0.488. The lowest BCUT2D eigenvalue weighted by Crippen LogP contribution is -2.49. The molecule has 4 heterocycles. The third kappa shape index (κ3) is 3.45. The summed E-state index contributed by atoms with van der Waals surface area (Å²) in [6, 6.07) is 16.8. The second kappa shape index (κ2) is 7.75. The first-order valence-electron chi connectivity index (χ1n) is 9.59. The van der Waals surface area contributed by atoms with Gasteiger partial charge in [-0.05, 0) is 35.7 Å². The number of hydrogen-bond acceptors (Lipinski definition) is 7. The van der Waals surface area contributed by atoms with Crippen molar-refractivity contribution >= 4 is 38.1 Å². The van der Waals surface area contributed by atoms with E-state index in [4.69, 9.17) is 0 Å². The standard InChI is InChI=1S/C21H19N5O2S2/c27-30(28,19-7-1-4-16-5-2-10-22-21(16)19)26-13-11-25(12-14-26)20-9-8-17(23-24-20)18-6-3-15-29-18/h1-10,15H,11-14H2. The second-order valence-electron chi connectivity index (χ2n) is 6.98. The van der Waals surface area contributed by atoms with E-state index >= 15 is 0 Å². The molecule has 0 bridgehead atoms. The Labute approximate surface area is 178 Å². The van der Waals surface area contributed by atoms with Crippen molar-refractivity contribution in [2.75, 3.05) is 31.1 Å². The maximum Gasteiger partial charge on any atom is 0.245 e. The van der Waals surface area contributed by atoms with Crippen LogP contribution in [0.4, 0.5) is 5.82 Å². The van der Waals surface area contributed by atoms with E-state index in [1.807, 2.05) is 47.8 Å². The molecule has 30 heavy (non-hydrogen) atoms. The molecule has 0 amide bonds. The van der Waals surface area contributed by atoms with Gasteiger partial charge in [0.2, 0.25) is 10.0 Å². The predicted molar refractivity (Wildman–Crippen MR) is 118 cm³/mol. The minimum absolute atomic E-state index is 0.258. The van der Waals surface area contributed by atoms with Gasteiger partial charge in [0.25, 0.3) is 0 Å². The van der Waals surface area contributed by atoms with E-state index in [2.05, 4.69) is 20.1 Å². The van der Waals surface area contributed by atoms with E-state index in [1.54, 1.807) is 29.7 Å². The molecule has 7 nitrogen and oxygen atoms in total. The van der Waals surface area contributed by atoms with Gasteiger partial charge in [0, 0.05) is 37.8 Å². The van der Waals surface area contributed by atoms with Crippen LogP contribution in [-0.4, -0.2) is 54.1 Å². The molecule has 1 aromatic carbocycles. The number of sulfonamides is 1. The smallest absolute Gasteiger partial charge is 0.245 e. The first-order chi connectivity index (χ1) is 14.6. The van der Waals surface area contributed by atoms with Crippen LogP contribution in [0, 0.1) is 0 Å². The Morgan fingerprint density at radius 1 is 0.867 bits per heavy atom. The van der Waals surface area contributed by atoms with Gasteiger partial charge in [-0.1, -0.05) is 24.3 Å². The van der Waals surface area contributed by atoms with E-state index < -0.39 is 10.0 Å². The van der Waals surface area contributed by atoms with Gasteiger partial charge in [-0.3, -0.25) is 4.98 Å². The fourth-order valence-corrected chi connectivity index (χ4v) is 5.91. The Bertz CT molecular complexity index is 1260. The van der Waals surface area contributed by atoms with Crippen LogP contribution in [0.25, 0.3) is 21.5 Å². The minimum Gasteiger partial charge on any atom is -0.352 e. The van der Waals surface area contributed by atoms with Gasteiger partial charge in [-0.2, -0.15) is 4.31 Å². The Balaban J connectivity index is 1.33. The topological polar surface area (TPSA) is 79.3 Å². The van der Waals surface area contributed by atoms with Gasteiger partial charge < -0.3 is 4.90 Å². The Kier molecular flexibility index (Phi) is 4.93. The summed E-state index contributed by atoms with van der Waals surface area (Å²) in [5.74, 6) is 0.763. The van der Waals surface area contributed by atoms with Crippen molar-refractivity contribution in [1.29, 1.82) is 0 Å². The fourth-order valence-electron chi connectivity index (χ4n) is 3.63. The maximum absolute atomic E-state index is 13.3. The predicted octanol–water partition coefficient (Wildman–Crippen LogP) is 3.26. The highest BCUT2D eigenvalue weighted by atomic mass is 32.2. The molecule has 1 fully saturated rings. The van der Waals surface area contributed by atoms with Crippen molar-refractivity contribution in [2.45, 2.75) is 4.90 Å². The van der Waals surface area contributed by atoms with E-state index in [1.165, 1.54) is 4.31 Å². The Morgan fingerprint density at radius 3 is 2.43 bits per heavy atom. The van der Waals surface area contributed by atoms with Gasteiger partial charge in [-0.15, -0.1) is 21.5 Å². The average molecular weight is 438 g/mol. The van der Waals surface area contributed by atoms with E-state index in [0.717, 1.165) is 21.8 Å². The number of rotatable bonds is 4. The van der Waals surface area contributed by atoms with Crippen molar-refractivity contribution in [3.05, 3.63) is 66.2 Å². The number of benzene rings is 1. The number of pyridine rings is 1. The maximum atomic E-state index is 13.3. The Morgan fingerprint density at radius 2 is 1.70 bits per heavy atom. The summed E-state index contributed by atoms with van der Waals surface area (Å²) in [5.41, 5.74) is 1.36.